The molecule has 0 bridgehead atoms. The van der Waals surface area contributed by atoms with Crippen LogP contribution in [0.1, 0.15) is 90.2 Å². The average Bonchev–Trinajstić information content (AvgIpc) is 3.67. The minimum absolute atomic E-state index is 0.0333. The molecule has 0 aromatic heterocycles. The van der Waals surface area contributed by atoms with Crippen LogP contribution in [0.4, 0.5) is 22.7 Å². The van der Waals surface area contributed by atoms with Crippen molar-refractivity contribution in [3.05, 3.63) is 181 Å². The number of benzene rings is 9. The van der Waals surface area contributed by atoms with Crippen LogP contribution in [-0.2, 0) is 10.8 Å². The third-order valence-electron chi connectivity index (χ3n) is 17.7. The first-order valence-electron chi connectivity index (χ1n) is 24.0. The summed E-state index contributed by atoms with van der Waals surface area (Å²) in [6.45, 7) is 10.2. The highest BCUT2D eigenvalue weighted by atomic mass is 15.3. The van der Waals surface area contributed by atoms with Gasteiger partial charge in [0.25, 0.3) is 0 Å². The van der Waals surface area contributed by atoms with Crippen molar-refractivity contribution in [2.24, 2.45) is 0 Å². The topological polar surface area (TPSA) is 6.48 Å². The summed E-state index contributed by atoms with van der Waals surface area (Å²) in [6.07, 6.45) is 9.85. The van der Waals surface area contributed by atoms with E-state index >= 15 is 0 Å². The maximum absolute atomic E-state index is 2.75. The highest BCUT2D eigenvalue weighted by Gasteiger charge is 2.58. The van der Waals surface area contributed by atoms with E-state index in [-0.39, 0.29) is 21.9 Å². The van der Waals surface area contributed by atoms with Crippen molar-refractivity contribution in [1.82, 2.24) is 0 Å². The van der Waals surface area contributed by atoms with Gasteiger partial charge in [0.15, 0.2) is 0 Å². The van der Waals surface area contributed by atoms with Crippen molar-refractivity contribution in [3.63, 3.8) is 0 Å². The van der Waals surface area contributed by atoms with E-state index in [4.69, 9.17) is 0 Å². The molecule has 2 heterocycles. The predicted octanol–water partition coefficient (Wildman–Crippen LogP) is 17.1. The number of para-hydroxylation sites is 2. The molecule has 9 aromatic rings. The number of hydrogen-bond donors (Lipinski definition) is 0. The largest absolute Gasteiger partial charge is 0.334 e. The fraction of sp³-hybridized carbons (Fsp3) is 0.258. The molecule has 2 nitrogen and oxygen atoms in total. The highest BCUT2D eigenvalue weighted by molar-refractivity contribution is 6.23. The van der Waals surface area contributed by atoms with E-state index in [0.717, 1.165) is 0 Å². The normalized spacial score (nSPS) is 24.9. The summed E-state index contributed by atoms with van der Waals surface area (Å²) in [4.78, 5) is 5.50. The fourth-order valence-electron chi connectivity index (χ4n) is 14.0. The Labute approximate surface area is 378 Å². The average molecular weight is 829 g/mol. The zero-order chi connectivity index (χ0) is 43.0. The quantitative estimate of drug-likeness (QED) is 0.163. The number of fused-ring (bicyclic) bond motifs is 10. The van der Waals surface area contributed by atoms with Crippen LogP contribution in [0.3, 0.4) is 0 Å². The summed E-state index contributed by atoms with van der Waals surface area (Å²) in [5.74, 6) is 0. The van der Waals surface area contributed by atoms with Gasteiger partial charge in [0.05, 0.1) is 11.1 Å². The van der Waals surface area contributed by atoms with Gasteiger partial charge in [0.2, 0.25) is 0 Å². The van der Waals surface area contributed by atoms with Crippen LogP contribution in [0, 0.1) is 0 Å². The fourth-order valence-corrected chi connectivity index (χ4v) is 14.0. The first-order valence-corrected chi connectivity index (χ1v) is 24.0. The third kappa shape index (κ3) is 5.03. The molecule has 64 heavy (non-hydrogen) atoms. The summed E-state index contributed by atoms with van der Waals surface area (Å²) in [5.41, 5.74) is 13.6. The standard InChI is InChI=1S/C62H56N2/c1-59-33-13-15-35-61(59,3)63(55-23-11-9-21-53(55)59)47-29-31-49-51(39-47)57(45-27-25-41-17-5-7-19-43(41)37-45)50-32-30-48(40-52(50)58(49)46-28-26-42-18-6-8-20-44(42)38-46)64-56-24-12-10-22-54(56)60(2)34-14-16-36-62(60,64)4/h5-12,17-32,37-40H,13-16,33-36H2,1-4H3. The van der Waals surface area contributed by atoms with E-state index in [9.17, 15) is 0 Å². The Morgan fingerprint density at radius 1 is 0.344 bits per heavy atom. The maximum atomic E-state index is 2.75. The molecule has 0 saturated heterocycles. The molecule has 9 aromatic carbocycles. The molecular weight excluding hydrogens is 773 g/mol. The lowest BCUT2D eigenvalue weighted by molar-refractivity contribution is 0.195. The number of rotatable bonds is 4. The monoisotopic (exact) mass is 828 g/mol. The van der Waals surface area contributed by atoms with E-state index in [1.807, 2.05) is 0 Å². The molecule has 4 atom stereocenters. The van der Waals surface area contributed by atoms with Crippen LogP contribution in [-0.4, -0.2) is 11.1 Å². The van der Waals surface area contributed by atoms with Gasteiger partial charge in [0.1, 0.15) is 0 Å². The molecular formula is C62H56N2. The lowest BCUT2D eigenvalue weighted by Gasteiger charge is -2.50. The van der Waals surface area contributed by atoms with Crippen molar-refractivity contribution in [3.8, 4) is 22.3 Å². The van der Waals surface area contributed by atoms with Crippen molar-refractivity contribution in [1.29, 1.82) is 0 Å². The molecule has 2 heteroatoms. The Balaban J connectivity index is 1.14. The number of anilines is 4. The first-order chi connectivity index (χ1) is 31.2. The first kappa shape index (κ1) is 38.1. The van der Waals surface area contributed by atoms with Gasteiger partial charge in [-0.1, -0.05) is 161 Å². The Kier molecular flexibility index (Phi) is 8.08. The summed E-state index contributed by atoms with van der Waals surface area (Å²) in [5, 5.41) is 10.3. The van der Waals surface area contributed by atoms with Gasteiger partial charge in [-0.2, -0.15) is 0 Å². The molecule has 2 aliphatic heterocycles. The second kappa shape index (κ2) is 13.6. The van der Waals surface area contributed by atoms with Crippen LogP contribution in [0.15, 0.2) is 170 Å². The van der Waals surface area contributed by atoms with Crippen molar-refractivity contribution in [2.45, 2.75) is 101 Å². The van der Waals surface area contributed by atoms with Gasteiger partial charge in [-0.15, -0.1) is 0 Å². The number of hydrogen-bond acceptors (Lipinski definition) is 2. The summed E-state index contributed by atoms with van der Waals surface area (Å²) in [6, 6.07) is 65.6. The van der Waals surface area contributed by atoms with Gasteiger partial charge >= 0.3 is 0 Å². The zero-order valence-corrected chi connectivity index (χ0v) is 37.7. The van der Waals surface area contributed by atoms with Crippen LogP contribution in [0.25, 0.3) is 65.3 Å². The summed E-state index contributed by atoms with van der Waals surface area (Å²) in [7, 11) is 0. The lowest BCUT2D eigenvalue weighted by Crippen LogP contribution is -2.54. The molecule has 2 saturated carbocycles. The zero-order valence-electron chi connectivity index (χ0n) is 37.7. The van der Waals surface area contributed by atoms with Crippen LogP contribution < -0.4 is 9.80 Å². The minimum atomic E-state index is -0.0333. The molecule has 13 rings (SSSR count). The van der Waals surface area contributed by atoms with Crippen molar-refractivity contribution in [2.75, 3.05) is 9.80 Å². The molecule has 0 radical (unpaired) electrons. The maximum Gasteiger partial charge on any atom is 0.0517 e. The van der Waals surface area contributed by atoms with E-state index < -0.39 is 0 Å². The van der Waals surface area contributed by atoms with Gasteiger partial charge in [-0.05, 0) is 165 Å². The molecule has 314 valence electrons. The van der Waals surface area contributed by atoms with Gasteiger partial charge in [-0.25, -0.2) is 0 Å². The second-order valence-corrected chi connectivity index (χ2v) is 20.7. The smallest absolute Gasteiger partial charge is 0.0517 e. The van der Waals surface area contributed by atoms with E-state index in [1.165, 1.54) is 151 Å². The minimum Gasteiger partial charge on any atom is -0.334 e. The van der Waals surface area contributed by atoms with Gasteiger partial charge in [-0.3, -0.25) is 0 Å². The van der Waals surface area contributed by atoms with Crippen LogP contribution in [0.5, 0.6) is 0 Å². The van der Waals surface area contributed by atoms with Gasteiger partial charge < -0.3 is 9.80 Å². The Bertz CT molecular complexity index is 3170. The van der Waals surface area contributed by atoms with Gasteiger partial charge in [0, 0.05) is 33.6 Å². The number of nitrogens with zero attached hydrogens (tertiary/aromatic N) is 2. The third-order valence-corrected chi connectivity index (χ3v) is 17.7. The van der Waals surface area contributed by atoms with E-state index in [2.05, 4.69) is 207 Å². The molecule has 2 fully saturated rings. The Hall–Kier alpha value is -6.38. The summed E-state index contributed by atoms with van der Waals surface area (Å²) >= 11 is 0. The van der Waals surface area contributed by atoms with E-state index in [0.29, 0.717) is 0 Å². The molecule has 0 N–H and O–H groups in total. The lowest BCUT2D eigenvalue weighted by atomic mass is 9.61. The van der Waals surface area contributed by atoms with Crippen LogP contribution in [0.2, 0.25) is 0 Å². The second-order valence-electron chi connectivity index (χ2n) is 20.7. The molecule has 4 aliphatic rings. The van der Waals surface area contributed by atoms with Crippen molar-refractivity contribution < 1.29 is 0 Å². The van der Waals surface area contributed by atoms with Crippen molar-refractivity contribution >= 4 is 65.8 Å². The Morgan fingerprint density at radius 2 is 0.734 bits per heavy atom. The van der Waals surface area contributed by atoms with E-state index in [1.54, 1.807) is 0 Å². The van der Waals surface area contributed by atoms with Crippen LogP contribution >= 0.6 is 0 Å². The highest BCUT2D eigenvalue weighted by Crippen LogP contribution is 2.63. The summed E-state index contributed by atoms with van der Waals surface area (Å²) < 4.78 is 0. The molecule has 0 amide bonds. The Morgan fingerprint density at radius 3 is 1.19 bits per heavy atom. The SMILES string of the molecule is CC12CCCCC1(C)N(c1ccc3c(-c4ccc5ccccc5c4)c4cc(N5c6ccccc6C6(C)CCCCC56C)ccc4c(-c4ccc5ccccc5c4)c3c1)c1ccccc12. The molecule has 2 aliphatic carbocycles. The molecule has 0 spiro atoms. The molecule has 4 unspecified atom stereocenters. The predicted molar refractivity (Wildman–Crippen MR) is 273 cm³/mol.